The largest absolute Gasteiger partial charge is 0.467 e. The highest BCUT2D eigenvalue weighted by Gasteiger charge is 2.47. The van der Waals surface area contributed by atoms with Crippen LogP contribution in [-0.2, 0) is 31.7 Å². The Balaban J connectivity index is 1.72. The molecule has 1 aromatic carbocycles. The van der Waals surface area contributed by atoms with Gasteiger partial charge in [0.05, 0.1) is 31.2 Å². The number of methoxy groups -OCH3 is 1. The van der Waals surface area contributed by atoms with Gasteiger partial charge in [-0.05, 0) is 37.5 Å². The number of esters is 1. The zero-order valence-corrected chi connectivity index (χ0v) is 15.2. The van der Waals surface area contributed by atoms with Gasteiger partial charge in [0.1, 0.15) is 0 Å². The van der Waals surface area contributed by atoms with E-state index in [0.717, 1.165) is 25.0 Å². The minimum Gasteiger partial charge on any atom is -0.467 e. The van der Waals surface area contributed by atoms with Crippen molar-refractivity contribution in [2.75, 3.05) is 7.11 Å². The number of hydrogen-bond donors (Lipinski definition) is 0. The molecule has 27 heavy (non-hydrogen) atoms. The number of fused-ring (bicyclic) bond motifs is 1. The normalized spacial score (nSPS) is 28.0. The predicted molar refractivity (Wildman–Crippen MR) is 89.8 cm³/mol. The van der Waals surface area contributed by atoms with Crippen LogP contribution in [-0.4, -0.2) is 48.2 Å². The van der Waals surface area contributed by atoms with Gasteiger partial charge in [-0.25, -0.2) is 4.79 Å². The number of rotatable bonds is 3. The van der Waals surface area contributed by atoms with Gasteiger partial charge in [-0.15, -0.1) is 0 Å². The molecular weight excluding hydrogens is 363 g/mol. The van der Waals surface area contributed by atoms with Gasteiger partial charge >= 0.3 is 12.1 Å². The summed E-state index contributed by atoms with van der Waals surface area (Å²) in [5, 5.41) is 0. The van der Waals surface area contributed by atoms with Gasteiger partial charge in [0.15, 0.2) is 6.10 Å². The molecule has 2 saturated heterocycles. The van der Waals surface area contributed by atoms with Crippen molar-refractivity contribution in [2.24, 2.45) is 0 Å². The second-order valence-corrected chi connectivity index (χ2v) is 7.09. The summed E-state index contributed by atoms with van der Waals surface area (Å²) < 4.78 is 48.5. The minimum absolute atomic E-state index is 0.00852. The summed E-state index contributed by atoms with van der Waals surface area (Å²) in [6.07, 6.45) is -3.42. The smallest absolute Gasteiger partial charge is 0.416 e. The molecule has 0 N–H and O–H groups in total. The monoisotopic (exact) mass is 385 g/mol. The number of ether oxygens (including phenoxy) is 2. The van der Waals surface area contributed by atoms with Crippen molar-refractivity contribution in [3.05, 3.63) is 35.4 Å². The molecular formula is C19H22F3NO4. The number of likely N-dealkylation sites (tertiary alicyclic amines) is 1. The number of nitrogens with zero attached hydrogens (tertiary/aromatic N) is 1. The lowest BCUT2D eigenvalue weighted by Crippen LogP contribution is -2.53. The first-order chi connectivity index (χ1) is 12.7. The molecule has 0 unspecified atom stereocenters. The molecule has 4 atom stereocenters. The molecule has 0 spiro atoms. The fourth-order valence-corrected chi connectivity index (χ4v) is 3.94. The number of benzene rings is 1. The third-order valence-electron chi connectivity index (χ3n) is 5.31. The van der Waals surface area contributed by atoms with E-state index < -0.39 is 23.8 Å². The lowest BCUT2D eigenvalue weighted by Gasteiger charge is -2.41. The van der Waals surface area contributed by atoms with E-state index in [1.807, 2.05) is 6.92 Å². The maximum Gasteiger partial charge on any atom is 0.416 e. The summed E-state index contributed by atoms with van der Waals surface area (Å²) in [6.45, 7) is 1.94. The van der Waals surface area contributed by atoms with Gasteiger partial charge in [0, 0.05) is 12.5 Å². The number of alkyl halides is 3. The predicted octanol–water partition coefficient (Wildman–Crippen LogP) is 2.96. The molecule has 0 bridgehead atoms. The van der Waals surface area contributed by atoms with Crippen LogP contribution in [0.1, 0.15) is 37.3 Å². The standard InChI is InChI=1S/C19H22F3NO4/c1-11-3-8-15-14(10-16(27-15)18(25)26-2)23(11)17(24)9-12-4-6-13(7-5-12)19(20,21)22/h4-7,11,14-16H,3,8-10H2,1-2H3/t11-,14-,15-,16+/m1/s1. The van der Waals surface area contributed by atoms with Crippen molar-refractivity contribution >= 4 is 11.9 Å². The Bertz CT molecular complexity index is 704. The third-order valence-corrected chi connectivity index (χ3v) is 5.31. The number of hydrogen-bond acceptors (Lipinski definition) is 4. The average molecular weight is 385 g/mol. The minimum atomic E-state index is -4.40. The number of carbonyl (C=O) groups is 2. The first-order valence-electron chi connectivity index (χ1n) is 8.91. The van der Waals surface area contributed by atoms with E-state index in [-0.39, 0.29) is 30.5 Å². The Kier molecular flexibility index (Phi) is 5.46. The second kappa shape index (κ2) is 7.50. The maximum atomic E-state index is 12.9. The van der Waals surface area contributed by atoms with Gasteiger partial charge in [-0.2, -0.15) is 13.2 Å². The van der Waals surface area contributed by atoms with Gasteiger partial charge in [0.25, 0.3) is 0 Å². The molecule has 8 heteroatoms. The molecule has 2 aliphatic heterocycles. The molecule has 148 valence electrons. The van der Waals surface area contributed by atoms with Crippen LogP contribution >= 0.6 is 0 Å². The Morgan fingerprint density at radius 2 is 1.89 bits per heavy atom. The van der Waals surface area contributed by atoms with Crippen molar-refractivity contribution in [1.29, 1.82) is 0 Å². The summed E-state index contributed by atoms with van der Waals surface area (Å²) in [4.78, 5) is 26.4. The van der Waals surface area contributed by atoms with E-state index in [2.05, 4.69) is 0 Å². The van der Waals surface area contributed by atoms with E-state index in [9.17, 15) is 22.8 Å². The lowest BCUT2D eigenvalue weighted by atomic mass is 9.92. The lowest BCUT2D eigenvalue weighted by molar-refractivity contribution is -0.154. The number of amides is 1. The van der Waals surface area contributed by atoms with Crippen LogP contribution < -0.4 is 0 Å². The van der Waals surface area contributed by atoms with Crippen molar-refractivity contribution in [1.82, 2.24) is 4.90 Å². The van der Waals surface area contributed by atoms with Crippen LogP contribution in [0.4, 0.5) is 13.2 Å². The average Bonchev–Trinajstić information content (AvgIpc) is 3.04. The Labute approximate surface area is 155 Å². The molecule has 0 radical (unpaired) electrons. The van der Waals surface area contributed by atoms with Gasteiger partial charge in [-0.3, -0.25) is 4.79 Å². The Morgan fingerprint density at radius 3 is 2.48 bits per heavy atom. The van der Waals surface area contributed by atoms with Crippen LogP contribution in [0.15, 0.2) is 24.3 Å². The molecule has 1 amide bonds. The molecule has 2 heterocycles. The molecule has 2 fully saturated rings. The molecule has 0 aromatic heterocycles. The van der Waals surface area contributed by atoms with Gasteiger partial charge < -0.3 is 14.4 Å². The quantitative estimate of drug-likeness (QED) is 0.751. The van der Waals surface area contributed by atoms with E-state index >= 15 is 0 Å². The van der Waals surface area contributed by atoms with Gasteiger partial charge in [0.2, 0.25) is 5.91 Å². The van der Waals surface area contributed by atoms with Crippen LogP contribution in [0, 0.1) is 0 Å². The van der Waals surface area contributed by atoms with Crippen LogP contribution in [0.2, 0.25) is 0 Å². The van der Waals surface area contributed by atoms with Crippen LogP contribution in [0.5, 0.6) is 0 Å². The number of carbonyl (C=O) groups excluding carboxylic acids is 2. The van der Waals surface area contributed by atoms with Crippen molar-refractivity contribution < 1.29 is 32.2 Å². The first-order valence-corrected chi connectivity index (χ1v) is 8.91. The summed E-state index contributed by atoms with van der Waals surface area (Å²) in [5.74, 6) is -0.627. The summed E-state index contributed by atoms with van der Waals surface area (Å²) >= 11 is 0. The highest BCUT2D eigenvalue weighted by Crippen LogP contribution is 2.36. The number of halogens is 3. The van der Waals surface area contributed by atoms with E-state index in [1.54, 1.807) is 4.90 Å². The topological polar surface area (TPSA) is 55.8 Å². The molecule has 2 aliphatic rings. The van der Waals surface area contributed by atoms with Crippen molar-refractivity contribution in [3.63, 3.8) is 0 Å². The second-order valence-electron chi connectivity index (χ2n) is 7.09. The molecule has 5 nitrogen and oxygen atoms in total. The first kappa shape index (κ1) is 19.7. The van der Waals surface area contributed by atoms with E-state index in [1.165, 1.54) is 19.2 Å². The number of piperidine rings is 1. The van der Waals surface area contributed by atoms with Crippen molar-refractivity contribution in [2.45, 2.75) is 63.1 Å². The van der Waals surface area contributed by atoms with Gasteiger partial charge in [-0.1, -0.05) is 12.1 Å². The molecule has 0 saturated carbocycles. The van der Waals surface area contributed by atoms with E-state index in [4.69, 9.17) is 9.47 Å². The van der Waals surface area contributed by atoms with Crippen LogP contribution in [0.3, 0.4) is 0 Å². The highest BCUT2D eigenvalue weighted by atomic mass is 19.4. The Morgan fingerprint density at radius 1 is 1.22 bits per heavy atom. The summed E-state index contributed by atoms with van der Waals surface area (Å²) in [5.41, 5.74) is -0.221. The maximum absolute atomic E-state index is 12.9. The van der Waals surface area contributed by atoms with E-state index in [0.29, 0.717) is 12.0 Å². The fraction of sp³-hybridized carbons (Fsp3) is 0.579. The summed E-state index contributed by atoms with van der Waals surface area (Å²) in [7, 11) is 1.30. The van der Waals surface area contributed by atoms with Crippen molar-refractivity contribution in [3.8, 4) is 0 Å². The third kappa shape index (κ3) is 4.10. The summed E-state index contributed by atoms with van der Waals surface area (Å²) in [6, 6.07) is 4.38. The zero-order valence-electron chi connectivity index (χ0n) is 15.2. The SMILES string of the molecule is COC(=O)[C@@H]1C[C@@H]2[C@@H](CC[C@@H](C)N2C(=O)Cc2ccc(C(F)(F)F)cc2)O1. The fourth-order valence-electron chi connectivity index (χ4n) is 3.94. The zero-order chi connectivity index (χ0) is 19.8. The molecule has 0 aliphatic carbocycles. The van der Waals surface area contributed by atoms with Crippen LogP contribution in [0.25, 0.3) is 0 Å². The molecule has 3 rings (SSSR count). The Hall–Kier alpha value is -2.09. The molecule has 1 aromatic rings. The highest BCUT2D eigenvalue weighted by molar-refractivity contribution is 5.80.